The predicted molar refractivity (Wildman–Crippen MR) is 118 cm³/mol. The van der Waals surface area contributed by atoms with Gasteiger partial charge in [0.05, 0.1) is 12.3 Å². The van der Waals surface area contributed by atoms with E-state index in [1.165, 1.54) is 0 Å². The van der Waals surface area contributed by atoms with E-state index in [9.17, 15) is 4.79 Å². The first-order chi connectivity index (χ1) is 14.7. The lowest BCUT2D eigenvalue weighted by molar-refractivity contribution is -0.118. The highest BCUT2D eigenvalue weighted by atomic mass is 16.5. The number of nitrogens with one attached hydrogen (secondary N) is 2. The normalized spacial score (nSPS) is 11.5. The SMILES string of the molecule is CCOc1cc(CN[C@H](C)c2ccccn2)ccc1OCC(=O)Nc1ccccc1. The van der Waals surface area contributed by atoms with Crippen LogP contribution in [0.3, 0.4) is 0 Å². The Balaban J connectivity index is 1.58. The molecule has 0 aliphatic rings. The number of hydrogen-bond donors (Lipinski definition) is 2. The van der Waals surface area contributed by atoms with E-state index >= 15 is 0 Å². The van der Waals surface area contributed by atoms with Crippen LogP contribution in [0.5, 0.6) is 11.5 Å². The minimum atomic E-state index is -0.224. The molecular weight excluding hydrogens is 378 g/mol. The minimum absolute atomic E-state index is 0.0940. The summed E-state index contributed by atoms with van der Waals surface area (Å²) in [5, 5.41) is 6.26. The van der Waals surface area contributed by atoms with Crippen LogP contribution in [0.2, 0.25) is 0 Å². The number of aromatic nitrogens is 1. The fourth-order valence-electron chi connectivity index (χ4n) is 2.92. The summed E-state index contributed by atoms with van der Waals surface area (Å²) in [5.41, 5.74) is 2.79. The third-order valence-corrected chi connectivity index (χ3v) is 4.47. The molecule has 2 N–H and O–H groups in total. The van der Waals surface area contributed by atoms with Gasteiger partial charge in [-0.3, -0.25) is 9.78 Å². The van der Waals surface area contributed by atoms with Crippen LogP contribution >= 0.6 is 0 Å². The molecule has 30 heavy (non-hydrogen) atoms. The van der Waals surface area contributed by atoms with Crippen molar-refractivity contribution in [2.75, 3.05) is 18.5 Å². The van der Waals surface area contributed by atoms with Crippen LogP contribution in [0.4, 0.5) is 5.69 Å². The molecule has 0 aliphatic carbocycles. The first-order valence-electron chi connectivity index (χ1n) is 10.0. The molecular formula is C24H27N3O3. The third-order valence-electron chi connectivity index (χ3n) is 4.47. The molecule has 3 aromatic rings. The first kappa shape index (κ1) is 21.3. The summed E-state index contributed by atoms with van der Waals surface area (Å²) < 4.78 is 11.4. The maximum Gasteiger partial charge on any atom is 0.262 e. The summed E-state index contributed by atoms with van der Waals surface area (Å²) in [5.74, 6) is 0.940. The molecule has 1 heterocycles. The third kappa shape index (κ3) is 6.32. The highest BCUT2D eigenvalue weighted by Gasteiger charge is 2.11. The first-order valence-corrected chi connectivity index (χ1v) is 10.0. The number of nitrogens with zero attached hydrogens (tertiary/aromatic N) is 1. The van der Waals surface area contributed by atoms with Crippen molar-refractivity contribution in [1.29, 1.82) is 0 Å². The number of hydrogen-bond acceptors (Lipinski definition) is 5. The van der Waals surface area contributed by atoms with Crippen LogP contribution in [0, 0.1) is 0 Å². The van der Waals surface area contributed by atoms with E-state index in [4.69, 9.17) is 9.47 Å². The molecule has 0 fully saturated rings. The van der Waals surface area contributed by atoms with Gasteiger partial charge in [-0.2, -0.15) is 0 Å². The van der Waals surface area contributed by atoms with Crippen LogP contribution in [0.15, 0.2) is 72.9 Å². The van der Waals surface area contributed by atoms with Gasteiger partial charge in [-0.05, 0) is 55.8 Å². The zero-order chi connectivity index (χ0) is 21.2. The van der Waals surface area contributed by atoms with Crippen molar-refractivity contribution in [3.8, 4) is 11.5 Å². The van der Waals surface area contributed by atoms with Gasteiger partial charge in [0, 0.05) is 24.5 Å². The van der Waals surface area contributed by atoms with Crippen molar-refractivity contribution in [2.24, 2.45) is 0 Å². The second-order valence-electron chi connectivity index (χ2n) is 6.77. The van der Waals surface area contributed by atoms with Gasteiger partial charge < -0.3 is 20.1 Å². The molecule has 6 heteroatoms. The second kappa shape index (κ2) is 11.0. The number of para-hydroxylation sites is 1. The van der Waals surface area contributed by atoms with Gasteiger partial charge in [-0.25, -0.2) is 0 Å². The summed E-state index contributed by atoms with van der Waals surface area (Å²) in [6, 6.07) is 21.0. The monoisotopic (exact) mass is 405 g/mol. The van der Waals surface area contributed by atoms with Gasteiger partial charge in [-0.1, -0.05) is 30.3 Å². The number of ether oxygens (including phenoxy) is 2. The largest absolute Gasteiger partial charge is 0.490 e. The topological polar surface area (TPSA) is 72.5 Å². The van der Waals surface area contributed by atoms with E-state index in [-0.39, 0.29) is 18.6 Å². The van der Waals surface area contributed by atoms with Crippen molar-refractivity contribution < 1.29 is 14.3 Å². The van der Waals surface area contributed by atoms with Gasteiger partial charge >= 0.3 is 0 Å². The van der Waals surface area contributed by atoms with Crippen LogP contribution in [0.1, 0.15) is 31.1 Å². The highest BCUT2D eigenvalue weighted by molar-refractivity contribution is 5.91. The molecule has 0 saturated carbocycles. The second-order valence-corrected chi connectivity index (χ2v) is 6.77. The van der Waals surface area contributed by atoms with Gasteiger partial charge in [0.15, 0.2) is 18.1 Å². The van der Waals surface area contributed by atoms with Crippen molar-refractivity contribution >= 4 is 11.6 Å². The lowest BCUT2D eigenvalue weighted by Gasteiger charge is -2.16. The molecule has 6 nitrogen and oxygen atoms in total. The molecule has 0 aliphatic heterocycles. The average molecular weight is 405 g/mol. The maximum absolute atomic E-state index is 12.1. The van der Waals surface area contributed by atoms with E-state index in [1.54, 1.807) is 6.20 Å². The summed E-state index contributed by atoms with van der Waals surface area (Å²) >= 11 is 0. The maximum atomic E-state index is 12.1. The minimum Gasteiger partial charge on any atom is -0.490 e. The molecule has 0 unspecified atom stereocenters. The van der Waals surface area contributed by atoms with Gasteiger partial charge in [0.25, 0.3) is 5.91 Å². The number of carbonyl (C=O) groups is 1. The molecule has 1 aromatic heterocycles. The molecule has 156 valence electrons. The van der Waals surface area contributed by atoms with Gasteiger partial charge in [0.1, 0.15) is 0 Å². The predicted octanol–water partition coefficient (Wildman–Crippen LogP) is 4.35. The van der Waals surface area contributed by atoms with E-state index in [0.717, 1.165) is 16.9 Å². The Morgan fingerprint density at radius 3 is 2.53 bits per heavy atom. The molecule has 0 bridgehead atoms. The van der Waals surface area contributed by atoms with E-state index < -0.39 is 0 Å². The number of carbonyl (C=O) groups excluding carboxylic acids is 1. The van der Waals surface area contributed by atoms with E-state index in [2.05, 4.69) is 22.5 Å². The van der Waals surface area contributed by atoms with Crippen molar-refractivity contribution in [2.45, 2.75) is 26.4 Å². The molecule has 1 amide bonds. The summed E-state index contributed by atoms with van der Waals surface area (Å²) in [4.78, 5) is 16.5. The van der Waals surface area contributed by atoms with Crippen molar-refractivity contribution in [1.82, 2.24) is 10.3 Å². The Kier molecular flexibility index (Phi) is 7.80. The average Bonchev–Trinajstić information content (AvgIpc) is 2.78. The van der Waals surface area contributed by atoms with Gasteiger partial charge in [-0.15, -0.1) is 0 Å². The summed E-state index contributed by atoms with van der Waals surface area (Å²) in [6.07, 6.45) is 1.79. The lowest BCUT2D eigenvalue weighted by atomic mass is 10.1. The van der Waals surface area contributed by atoms with Crippen LogP contribution in [-0.4, -0.2) is 24.1 Å². The van der Waals surface area contributed by atoms with E-state index in [1.807, 2.05) is 73.7 Å². The summed E-state index contributed by atoms with van der Waals surface area (Å²) in [6.45, 7) is 5.07. The number of amides is 1. The van der Waals surface area contributed by atoms with Gasteiger partial charge in [0.2, 0.25) is 0 Å². The molecule has 0 saturated heterocycles. The Morgan fingerprint density at radius 2 is 1.80 bits per heavy atom. The molecule has 0 spiro atoms. The molecule has 3 rings (SSSR count). The Morgan fingerprint density at radius 1 is 1.00 bits per heavy atom. The zero-order valence-corrected chi connectivity index (χ0v) is 17.3. The van der Waals surface area contributed by atoms with Crippen molar-refractivity contribution in [3.05, 3.63) is 84.2 Å². The smallest absolute Gasteiger partial charge is 0.262 e. The number of rotatable bonds is 10. The molecule has 2 aromatic carbocycles. The number of pyridine rings is 1. The quantitative estimate of drug-likeness (QED) is 0.525. The van der Waals surface area contributed by atoms with Crippen LogP contribution in [-0.2, 0) is 11.3 Å². The number of benzene rings is 2. The Labute approximate surface area is 177 Å². The van der Waals surface area contributed by atoms with Crippen LogP contribution in [0.25, 0.3) is 0 Å². The van der Waals surface area contributed by atoms with E-state index in [0.29, 0.717) is 24.7 Å². The number of anilines is 1. The summed E-state index contributed by atoms with van der Waals surface area (Å²) in [7, 11) is 0. The molecule has 0 radical (unpaired) electrons. The highest BCUT2D eigenvalue weighted by Crippen LogP contribution is 2.29. The zero-order valence-electron chi connectivity index (χ0n) is 17.3. The fraction of sp³-hybridized carbons (Fsp3) is 0.250. The standard InChI is InChI=1S/C24H27N3O3/c1-3-29-23-15-19(16-26-18(2)21-11-7-8-14-25-21)12-13-22(23)30-17-24(28)27-20-9-5-4-6-10-20/h4-15,18,26H,3,16-17H2,1-2H3,(H,27,28)/t18-/m1/s1. The lowest BCUT2D eigenvalue weighted by Crippen LogP contribution is -2.20. The van der Waals surface area contributed by atoms with Crippen LogP contribution < -0.4 is 20.1 Å². The Hall–Kier alpha value is -3.38. The molecule has 1 atom stereocenters. The Bertz CT molecular complexity index is 933. The fourth-order valence-corrected chi connectivity index (χ4v) is 2.92. The van der Waals surface area contributed by atoms with Crippen molar-refractivity contribution in [3.63, 3.8) is 0 Å².